The number of piperazine rings is 1. The van der Waals surface area contributed by atoms with E-state index < -0.39 is 6.09 Å². The number of amides is 1. The third-order valence-electron chi connectivity index (χ3n) is 5.24. The Morgan fingerprint density at radius 2 is 1.86 bits per heavy atom. The molecule has 0 spiro atoms. The molecule has 0 radical (unpaired) electrons. The monoisotopic (exact) mass is 389 g/mol. The van der Waals surface area contributed by atoms with Crippen LogP contribution in [0.25, 0.3) is 33.3 Å². The average molecular weight is 389 g/mol. The van der Waals surface area contributed by atoms with Crippen LogP contribution in [0.1, 0.15) is 0 Å². The molecule has 0 saturated carbocycles. The Kier molecular flexibility index (Phi) is 4.01. The second kappa shape index (κ2) is 6.69. The van der Waals surface area contributed by atoms with Crippen molar-refractivity contribution in [1.29, 1.82) is 0 Å². The van der Waals surface area contributed by atoms with E-state index in [1.165, 1.54) is 4.90 Å². The number of anilines is 1. The molecule has 146 valence electrons. The van der Waals surface area contributed by atoms with Gasteiger partial charge in [0.2, 0.25) is 5.95 Å². The quantitative estimate of drug-likeness (QED) is 0.562. The number of aryl methyl sites for hydroxylation is 1. The molecule has 0 bridgehead atoms. The van der Waals surface area contributed by atoms with Crippen molar-refractivity contribution in [2.75, 3.05) is 31.1 Å². The van der Waals surface area contributed by atoms with Crippen LogP contribution in [-0.4, -0.2) is 66.8 Å². The highest BCUT2D eigenvalue weighted by Gasteiger charge is 2.24. The fourth-order valence-electron chi connectivity index (χ4n) is 3.64. The van der Waals surface area contributed by atoms with Gasteiger partial charge < -0.3 is 19.5 Å². The van der Waals surface area contributed by atoms with Crippen LogP contribution >= 0.6 is 0 Å². The molecule has 3 aromatic heterocycles. The lowest BCUT2D eigenvalue weighted by molar-refractivity contribution is 0.142. The second-order valence-electron chi connectivity index (χ2n) is 7.07. The molecule has 4 heterocycles. The highest BCUT2D eigenvalue weighted by atomic mass is 16.4. The van der Waals surface area contributed by atoms with Gasteiger partial charge in [0, 0.05) is 50.4 Å². The van der Waals surface area contributed by atoms with E-state index >= 15 is 0 Å². The fourth-order valence-corrected chi connectivity index (χ4v) is 3.64. The number of pyridine rings is 1. The number of imidazole rings is 1. The van der Waals surface area contributed by atoms with E-state index in [0.717, 1.165) is 33.3 Å². The smallest absolute Gasteiger partial charge is 0.407 e. The predicted molar refractivity (Wildman–Crippen MR) is 109 cm³/mol. The van der Waals surface area contributed by atoms with E-state index in [0.29, 0.717) is 32.1 Å². The first-order valence-electron chi connectivity index (χ1n) is 9.37. The predicted octanol–water partition coefficient (Wildman–Crippen LogP) is 2.38. The largest absolute Gasteiger partial charge is 0.465 e. The molecule has 1 aromatic carbocycles. The van der Waals surface area contributed by atoms with Gasteiger partial charge in [-0.1, -0.05) is 18.2 Å². The molecule has 9 heteroatoms. The number of rotatable bonds is 2. The number of aromatic nitrogens is 5. The zero-order chi connectivity index (χ0) is 20.0. The van der Waals surface area contributed by atoms with Gasteiger partial charge in [-0.3, -0.25) is 4.98 Å². The lowest BCUT2D eigenvalue weighted by atomic mass is 10.1. The molecule has 1 N–H and O–H groups in total. The standard InChI is InChI=1S/C20H19N7O2/c1-25-12-22-17-16(14-10-13-4-2-3-5-15(13)21-11-14)23-19(24-18(17)25)26-6-8-27(9-7-26)20(28)29/h2-5,10-12H,6-9H2,1H3,(H,28,29). The Bertz CT molecular complexity index is 1230. The van der Waals surface area contributed by atoms with Crippen molar-refractivity contribution in [3.8, 4) is 11.3 Å². The number of fused-ring (bicyclic) bond motifs is 2. The number of nitrogens with zero attached hydrogens (tertiary/aromatic N) is 7. The summed E-state index contributed by atoms with van der Waals surface area (Å²) in [7, 11) is 1.90. The lowest BCUT2D eigenvalue weighted by Gasteiger charge is -2.33. The molecule has 29 heavy (non-hydrogen) atoms. The topological polar surface area (TPSA) is 100 Å². The third-order valence-corrected chi connectivity index (χ3v) is 5.24. The highest BCUT2D eigenvalue weighted by Crippen LogP contribution is 2.29. The molecule has 1 aliphatic heterocycles. The van der Waals surface area contributed by atoms with Crippen LogP contribution in [0.15, 0.2) is 42.9 Å². The maximum atomic E-state index is 11.2. The second-order valence-corrected chi connectivity index (χ2v) is 7.07. The van der Waals surface area contributed by atoms with Gasteiger partial charge >= 0.3 is 6.09 Å². The van der Waals surface area contributed by atoms with Crippen molar-refractivity contribution in [2.45, 2.75) is 0 Å². The summed E-state index contributed by atoms with van der Waals surface area (Å²) in [4.78, 5) is 33.2. The minimum absolute atomic E-state index is 0.426. The Morgan fingerprint density at radius 3 is 2.66 bits per heavy atom. The van der Waals surface area contributed by atoms with Gasteiger partial charge in [-0.25, -0.2) is 14.8 Å². The summed E-state index contributed by atoms with van der Waals surface area (Å²) >= 11 is 0. The molecule has 1 fully saturated rings. The maximum Gasteiger partial charge on any atom is 0.407 e. The summed E-state index contributed by atoms with van der Waals surface area (Å²) in [6.45, 7) is 1.94. The number of hydrogen-bond donors (Lipinski definition) is 1. The zero-order valence-electron chi connectivity index (χ0n) is 15.9. The minimum atomic E-state index is -0.893. The van der Waals surface area contributed by atoms with E-state index in [1.54, 1.807) is 6.33 Å². The number of hydrogen-bond acceptors (Lipinski definition) is 6. The Balaban J connectivity index is 1.60. The Morgan fingerprint density at radius 1 is 1.07 bits per heavy atom. The van der Waals surface area contributed by atoms with Crippen LogP contribution in [0.5, 0.6) is 0 Å². The van der Waals surface area contributed by atoms with E-state index in [2.05, 4.69) is 16.0 Å². The van der Waals surface area contributed by atoms with Gasteiger partial charge in [-0.05, 0) is 12.1 Å². The van der Waals surface area contributed by atoms with Crippen molar-refractivity contribution in [1.82, 2.24) is 29.4 Å². The average Bonchev–Trinajstić information content (AvgIpc) is 3.13. The first-order chi connectivity index (χ1) is 14.1. The summed E-state index contributed by atoms with van der Waals surface area (Å²) in [6.07, 6.45) is 2.64. The first kappa shape index (κ1) is 17.4. The summed E-state index contributed by atoms with van der Waals surface area (Å²) < 4.78 is 1.87. The van der Waals surface area contributed by atoms with Crippen LogP contribution in [-0.2, 0) is 7.05 Å². The van der Waals surface area contributed by atoms with E-state index in [4.69, 9.17) is 9.97 Å². The lowest BCUT2D eigenvalue weighted by Crippen LogP contribution is -2.48. The molecular formula is C20H19N7O2. The number of para-hydroxylation sites is 1. The maximum absolute atomic E-state index is 11.2. The van der Waals surface area contributed by atoms with Gasteiger partial charge in [-0.15, -0.1) is 0 Å². The van der Waals surface area contributed by atoms with E-state index in [1.807, 2.05) is 47.0 Å². The van der Waals surface area contributed by atoms with Crippen LogP contribution in [0.4, 0.5) is 10.7 Å². The Hall–Kier alpha value is -3.75. The molecule has 1 amide bonds. The van der Waals surface area contributed by atoms with Crippen molar-refractivity contribution >= 4 is 34.1 Å². The molecule has 1 aliphatic rings. The van der Waals surface area contributed by atoms with Crippen LogP contribution in [0.2, 0.25) is 0 Å². The third kappa shape index (κ3) is 3.00. The zero-order valence-corrected chi connectivity index (χ0v) is 15.9. The molecule has 4 aromatic rings. The van der Waals surface area contributed by atoms with Crippen molar-refractivity contribution in [3.63, 3.8) is 0 Å². The molecule has 0 unspecified atom stereocenters. The van der Waals surface area contributed by atoms with Gasteiger partial charge in [0.15, 0.2) is 5.65 Å². The van der Waals surface area contributed by atoms with E-state index in [9.17, 15) is 9.90 Å². The molecule has 5 rings (SSSR count). The normalized spacial score (nSPS) is 14.7. The molecule has 0 aliphatic carbocycles. The van der Waals surface area contributed by atoms with Gasteiger partial charge in [0.25, 0.3) is 0 Å². The van der Waals surface area contributed by atoms with Gasteiger partial charge in [0.1, 0.15) is 11.2 Å². The SMILES string of the molecule is Cn1cnc2c(-c3cnc4ccccc4c3)nc(N3CCN(C(=O)O)CC3)nc21. The molecule has 0 atom stereocenters. The van der Waals surface area contributed by atoms with Gasteiger partial charge in [0.05, 0.1) is 11.8 Å². The van der Waals surface area contributed by atoms with Crippen molar-refractivity contribution in [3.05, 3.63) is 42.9 Å². The fraction of sp³-hybridized carbons (Fsp3) is 0.250. The highest BCUT2D eigenvalue weighted by molar-refractivity contribution is 5.91. The van der Waals surface area contributed by atoms with Crippen LogP contribution < -0.4 is 4.90 Å². The van der Waals surface area contributed by atoms with Gasteiger partial charge in [-0.2, -0.15) is 4.98 Å². The number of benzene rings is 1. The number of carboxylic acid groups (broad SMARTS) is 1. The summed E-state index contributed by atoms with van der Waals surface area (Å²) in [5, 5.41) is 10.2. The van der Waals surface area contributed by atoms with E-state index in [-0.39, 0.29) is 0 Å². The minimum Gasteiger partial charge on any atom is -0.465 e. The first-order valence-corrected chi connectivity index (χ1v) is 9.37. The van der Waals surface area contributed by atoms with Crippen molar-refractivity contribution in [2.24, 2.45) is 7.05 Å². The molecule has 9 nitrogen and oxygen atoms in total. The summed E-state index contributed by atoms with van der Waals surface area (Å²) in [5.74, 6) is 0.578. The van der Waals surface area contributed by atoms with Crippen LogP contribution in [0.3, 0.4) is 0 Å². The van der Waals surface area contributed by atoms with Crippen molar-refractivity contribution < 1.29 is 9.90 Å². The summed E-state index contributed by atoms with van der Waals surface area (Å²) in [6, 6.07) is 10.0. The summed E-state index contributed by atoms with van der Waals surface area (Å²) in [5.41, 5.74) is 3.98. The molecule has 1 saturated heterocycles. The molecular weight excluding hydrogens is 370 g/mol. The Labute approximate surface area is 166 Å². The number of carbonyl (C=O) groups is 1. The van der Waals surface area contributed by atoms with Crippen LogP contribution in [0, 0.1) is 0 Å².